The third kappa shape index (κ3) is 6.14. The molecule has 0 radical (unpaired) electrons. The van der Waals surface area contributed by atoms with Gasteiger partial charge in [-0.3, -0.25) is 9.59 Å². The molecule has 5 atom stereocenters. The number of carbonyl (C=O) groups excluding carboxylic acids is 3. The number of hydrogen-bond acceptors (Lipinski definition) is 7. The fourth-order valence-electron chi connectivity index (χ4n) is 5.97. The number of likely N-dealkylation sites (tertiary alicyclic amines) is 1. The number of β-amino-alcohol motifs (C(OH)–C–C–N with tert-alkyl or cyclic N) is 1. The molecule has 4 rings (SSSR count). The van der Waals surface area contributed by atoms with E-state index in [1.807, 2.05) is 0 Å². The molecule has 2 aliphatic heterocycles. The van der Waals surface area contributed by atoms with Gasteiger partial charge in [0.1, 0.15) is 36.0 Å². The van der Waals surface area contributed by atoms with Crippen LogP contribution >= 0.6 is 0 Å². The van der Waals surface area contributed by atoms with E-state index in [1.54, 1.807) is 27.7 Å². The zero-order valence-corrected chi connectivity index (χ0v) is 22.1. The Balaban J connectivity index is 1.55. The molecule has 204 valence electrons. The molecule has 0 unspecified atom stereocenters. The fourth-order valence-corrected chi connectivity index (χ4v) is 5.97. The molecular weight excluding hydrogens is 466 g/mol. The van der Waals surface area contributed by atoms with Gasteiger partial charge in [0.05, 0.1) is 6.54 Å². The number of piperidine rings is 1. The summed E-state index contributed by atoms with van der Waals surface area (Å²) in [4.78, 5) is 40.9. The minimum atomic E-state index is -1.01. The van der Waals surface area contributed by atoms with E-state index >= 15 is 0 Å². The van der Waals surface area contributed by atoms with Crippen molar-refractivity contribution in [3.05, 3.63) is 0 Å². The van der Waals surface area contributed by atoms with Gasteiger partial charge in [-0.25, -0.2) is 4.79 Å². The molecular formula is C26H43N3O7. The number of nitrogens with zero attached hydrogens (tertiary/aromatic N) is 1. The minimum Gasteiger partial charge on any atom is -0.444 e. The Bertz CT molecular complexity index is 817. The zero-order valence-electron chi connectivity index (χ0n) is 22.1. The van der Waals surface area contributed by atoms with Crippen molar-refractivity contribution in [3.8, 4) is 0 Å². The second-order valence-corrected chi connectivity index (χ2v) is 11.9. The Morgan fingerprint density at radius 2 is 1.61 bits per heavy atom. The molecule has 0 aromatic carbocycles. The molecule has 3 N–H and O–H groups in total. The predicted octanol–water partition coefficient (Wildman–Crippen LogP) is 2.36. The van der Waals surface area contributed by atoms with Crippen molar-refractivity contribution in [2.45, 2.75) is 140 Å². The molecule has 4 aliphatic rings. The number of ether oxygens (including phenoxy) is 3. The average Bonchev–Trinajstić information content (AvgIpc) is 3.16. The first-order chi connectivity index (χ1) is 17.0. The van der Waals surface area contributed by atoms with Crippen molar-refractivity contribution < 1.29 is 33.7 Å². The summed E-state index contributed by atoms with van der Waals surface area (Å²) in [6.07, 6.45) is 6.28. The smallest absolute Gasteiger partial charge is 0.408 e. The molecule has 2 saturated carbocycles. The Labute approximate surface area is 213 Å². The molecule has 2 saturated heterocycles. The van der Waals surface area contributed by atoms with Gasteiger partial charge in [0.2, 0.25) is 11.8 Å². The number of fused-ring (bicyclic) bond motifs is 1. The lowest BCUT2D eigenvalue weighted by molar-refractivity contribution is -0.199. The number of carbonyl (C=O) groups is 3. The fraction of sp³-hybridized carbons (Fsp3) is 0.885. The van der Waals surface area contributed by atoms with E-state index in [-0.39, 0.29) is 18.5 Å². The summed E-state index contributed by atoms with van der Waals surface area (Å²) >= 11 is 0. The first-order valence-electron chi connectivity index (χ1n) is 13.6. The summed E-state index contributed by atoms with van der Waals surface area (Å²) in [5, 5.41) is 16.7. The normalized spacial score (nSPS) is 31.4. The van der Waals surface area contributed by atoms with Crippen LogP contribution in [-0.4, -0.2) is 82.3 Å². The van der Waals surface area contributed by atoms with Crippen LogP contribution in [0, 0.1) is 0 Å². The van der Waals surface area contributed by atoms with Crippen LogP contribution in [0.25, 0.3) is 0 Å². The Morgan fingerprint density at radius 3 is 2.25 bits per heavy atom. The Morgan fingerprint density at radius 1 is 1.00 bits per heavy atom. The highest BCUT2D eigenvalue weighted by atomic mass is 16.8. The van der Waals surface area contributed by atoms with E-state index in [9.17, 15) is 19.5 Å². The first-order valence-corrected chi connectivity index (χ1v) is 13.6. The van der Waals surface area contributed by atoms with Gasteiger partial charge in [0.15, 0.2) is 5.79 Å². The van der Waals surface area contributed by atoms with Gasteiger partial charge in [-0.2, -0.15) is 0 Å². The second-order valence-electron chi connectivity index (χ2n) is 11.9. The van der Waals surface area contributed by atoms with E-state index in [0.29, 0.717) is 12.8 Å². The highest BCUT2D eigenvalue weighted by Gasteiger charge is 2.59. The van der Waals surface area contributed by atoms with Gasteiger partial charge in [0, 0.05) is 18.9 Å². The molecule has 2 aliphatic carbocycles. The number of aliphatic hydroxyl groups excluding tert-OH is 1. The zero-order chi connectivity index (χ0) is 26.1. The van der Waals surface area contributed by atoms with Crippen LogP contribution in [-0.2, 0) is 23.8 Å². The third-order valence-electron chi connectivity index (χ3n) is 7.66. The average molecular weight is 510 g/mol. The van der Waals surface area contributed by atoms with E-state index < -0.39 is 53.8 Å². The minimum absolute atomic E-state index is 0.0526. The number of hydrogen-bond donors (Lipinski definition) is 3. The summed E-state index contributed by atoms with van der Waals surface area (Å²) in [7, 11) is 0. The molecule has 4 fully saturated rings. The lowest BCUT2D eigenvalue weighted by Gasteiger charge is -2.43. The molecule has 0 bridgehead atoms. The standard InChI is InChI=1S/C26H43N3O7/c1-16(27-24(33)36-25(2,3)4)23(32)29-15-18(30)20-21(35-26(34-20)13-9-6-10-14-26)19(29)22(31)28-17-11-7-5-8-12-17/h16-21,30H,5-15H2,1-4H3,(H,27,33)(H,28,31)/t16-,18+,19+,20+,21-/m0/s1. The van der Waals surface area contributed by atoms with E-state index in [1.165, 1.54) is 4.90 Å². The van der Waals surface area contributed by atoms with E-state index in [0.717, 1.165) is 51.4 Å². The van der Waals surface area contributed by atoms with Crippen LogP contribution in [0.1, 0.15) is 91.9 Å². The molecule has 0 aromatic rings. The first kappa shape index (κ1) is 27.1. The van der Waals surface area contributed by atoms with Crippen LogP contribution in [0.15, 0.2) is 0 Å². The molecule has 3 amide bonds. The van der Waals surface area contributed by atoms with Crippen LogP contribution in [0.3, 0.4) is 0 Å². The SMILES string of the molecule is C[C@H](NC(=O)OC(C)(C)C)C(=O)N1C[C@@H](O)[C@H]2OC3(CCCCC3)O[C@H]2[C@@H]1C(=O)NC1CCCCC1. The maximum absolute atomic E-state index is 13.7. The summed E-state index contributed by atoms with van der Waals surface area (Å²) in [5.41, 5.74) is -0.715. The molecule has 10 heteroatoms. The second kappa shape index (κ2) is 10.8. The third-order valence-corrected chi connectivity index (χ3v) is 7.66. The number of aliphatic hydroxyl groups is 1. The van der Waals surface area contributed by atoms with Crippen molar-refractivity contribution in [1.29, 1.82) is 0 Å². The summed E-state index contributed by atoms with van der Waals surface area (Å²) in [5.74, 6) is -1.59. The van der Waals surface area contributed by atoms with Crippen LogP contribution in [0.4, 0.5) is 4.79 Å². The van der Waals surface area contributed by atoms with Crippen LogP contribution in [0.5, 0.6) is 0 Å². The van der Waals surface area contributed by atoms with Crippen molar-refractivity contribution in [2.75, 3.05) is 6.54 Å². The van der Waals surface area contributed by atoms with E-state index in [4.69, 9.17) is 14.2 Å². The van der Waals surface area contributed by atoms with Crippen molar-refractivity contribution in [2.24, 2.45) is 0 Å². The van der Waals surface area contributed by atoms with Gasteiger partial charge in [-0.05, 0) is 53.4 Å². The molecule has 1 spiro atoms. The van der Waals surface area contributed by atoms with Crippen LogP contribution < -0.4 is 10.6 Å². The highest BCUT2D eigenvalue weighted by Crippen LogP contribution is 2.44. The maximum Gasteiger partial charge on any atom is 0.408 e. The van der Waals surface area contributed by atoms with Gasteiger partial charge in [-0.15, -0.1) is 0 Å². The maximum atomic E-state index is 13.7. The molecule has 0 aromatic heterocycles. The molecule has 10 nitrogen and oxygen atoms in total. The number of nitrogens with one attached hydrogen (secondary N) is 2. The molecule has 36 heavy (non-hydrogen) atoms. The topological polar surface area (TPSA) is 126 Å². The van der Waals surface area contributed by atoms with Gasteiger partial charge in [-0.1, -0.05) is 25.7 Å². The Kier molecular flexibility index (Phi) is 8.16. The van der Waals surface area contributed by atoms with Gasteiger partial charge >= 0.3 is 6.09 Å². The van der Waals surface area contributed by atoms with Gasteiger partial charge in [0.25, 0.3) is 0 Å². The summed E-state index contributed by atoms with van der Waals surface area (Å²) in [6.45, 7) is 6.69. The Hall–Kier alpha value is -1.91. The largest absolute Gasteiger partial charge is 0.444 e. The quantitative estimate of drug-likeness (QED) is 0.531. The predicted molar refractivity (Wildman–Crippen MR) is 131 cm³/mol. The van der Waals surface area contributed by atoms with Crippen molar-refractivity contribution in [1.82, 2.24) is 15.5 Å². The number of rotatable bonds is 4. The lowest BCUT2D eigenvalue weighted by atomic mass is 9.91. The van der Waals surface area contributed by atoms with Crippen molar-refractivity contribution >= 4 is 17.9 Å². The summed E-state index contributed by atoms with van der Waals surface area (Å²) < 4.78 is 18.0. The number of amides is 3. The van der Waals surface area contributed by atoms with Gasteiger partial charge < -0.3 is 34.9 Å². The van der Waals surface area contributed by atoms with E-state index in [2.05, 4.69) is 10.6 Å². The lowest BCUT2D eigenvalue weighted by Crippen LogP contribution is -2.68. The monoisotopic (exact) mass is 509 g/mol. The number of alkyl carbamates (subject to hydrolysis) is 1. The highest BCUT2D eigenvalue weighted by molar-refractivity contribution is 5.92. The molecule has 2 heterocycles. The van der Waals surface area contributed by atoms with Crippen molar-refractivity contribution in [3.63, 3.8) is 0 Å². The van der Waals surface area contributed by atoms with Crippen LogP contribution in [0.2, 0.25) is 0 Å². The summed E-state index contributed by atoms with van der Waals surface area (Å²) in [6, 6.07) is -1.87.